The highest BCUT2D eigenvalue weighted by molar-refractivity contribution is 5.76. The second kappa shape index (κ2) is 5.76. The van der Waals surface area contributed by atoms with Crippen LogP contribution in [0.1, 0.15) is 50.5 Å². The second-order valence-corrected chi connectivity index (χ2v) is 7.77. The number of piperazine rings is 1. The van der Waals surface area contributed by atoms with Crippen molar-refractivity contribution in [3.8, 4) is 0 Å². The number of pyridine rings is 1. The Morgan fingerprint density at radius 1 is 1.38 bits per heavy atom. The third-order valence-corrected chi connectivity index (χ3v) is 4.74. The molecular formula is C18H25N3O3. The molecule has 0 saturated carbocycles. The smallest absolute Gasteiger partial charge is 0.410 e. The standard InChI is InChI=1S/C18H25N3O3/c1-11-9-20(17(23)24-18(3,4)5)12(2)15-7-14-6-13(10-22)8-19-16(14)21(11)15/h6,8,10-12,15H,7,9H2,1-5H3. The SMILES string of the molecule is CC1C2Cc3cc(C=O)cnc3N2C(C)CN1C(=O)OC(C)(C)C. The van der Waals surface area contributed by atoms with E-state index in [-0.39, 0.29) is 24.2 Å². The minimum Gasteiger partial charge on any atom is -0.444 e. The van der Waals surface area contributed by atoms with Crippen LogP contribution >= 0.6 is 0 Å². The fourth-order valence-corrected chi connectivity index (χ4v) is 3.70. The molecule has 1 fully saturated rings. The Morgan fingerprint density at radius 2 is 2.08 bits per heavy atom. The van der Waals surface area contributed by atoms with Crippen LogP contribution in [0.2, 0.25) is 0 Å². The maximum Gasteiger partial charge on any atom is 0.410 e. The van der Waals surface area contributed by atoms with Gasteiger partial charge in [-0.15, -0.1) is 0 Å². The molecule has 3 atom stereocenters. The van der Waals surface area contributed by atoms with Gasteiger partial charge in [-0.25, -0.2) is 9.78 Å². The molecule has 0 radical (unpaired) electrons. The summed E-state index contributed by atoms with van der Waals surface area (Å²) in [5.74, 6) is 0.939. The van der Waals surface area contributed by atoms with Gasteiger partial charge in [-0.2, -0.15) is 0 Å². The van der Waals surface area contributed by atoms with E-state index in [2.05, 4.69) is 23.7 Å². The fraction of sp³-hybridized carbons (Fsp3) is 0.611. The first-order chi connectivity index (χ1) is 11.2. The number of carbonyl (C=O) groups excluding carboxylic acids is 2. The molecule has 0 spiro atoms. The monoisotopic (exact) mass is 331 g/mol. The molecule has 0 bridgehead atoms. The number of anilines is 1. The maximum absolute atomic E-state index is 12.6. The van der Waals surface area contributed by atoms with Crippen LogP contribution in [-0.4, -0.2) is 52.5 Å². The third kappa shape index (κ3) is 2.85. The summed E-state index contributed by atoms with van der Waals surface area (Å²) in [5.41, 5.74) is 1.17. The number of rotatable bonds is 1. The van der Waals surface area contributed by atoms with Crippen LogP contribution in [0, 0.1) is 0 Å². The summed E-state index contributed by atoms with van der Waals surface area (Å²) in [7, 11) is 0. The molecule has 2 aliphatic heterocycles. The molecule has 24 heavy (non-hydrogen) atoms. The normalized spacial score (nSPS) is 26.0. The summed E-state index contributed by atoms with van der Waals surface area (Å²) < 4.78 is 5.56. The molecule has 1 aromatic heterocycles. The number of hydrogen-bond acceptors (Lipinski definition) is 5. The minimum absolute atomic E-state index is 0.0185. The van der Waals surface area contributed by atoms with Gasteiger partial charge in [-0.3, -0.25) is 4.79 Å². The Labute approximate surface area is 142 Å². The van der Waals surface area contributed by atoms with Crippen molar-refractivity contribution in [2.75, 3.05) is 11.4 Å². The lowest BCUT2D eigenvalue weighted by Crippen LogP contribution is -2.63. The van der Waals surface area contributed by atoms with Crippen molar-refractivity contribution in [1.82, 2.24) is 9.88 Å². The highest BCUT2D eigenvalue weighted by Gasteiger charge is 2.45. The Hall–Kier alpha value is -2.11. The number of hydrogen-bond donors (Lipinski definition) is 0. The number of amides is 1. The van der Waals surface area contributed by atoms with E-state index >= 15 is 0 Å². The summed E-state index contributed by atoms with van der Waals surface area (Å²) in [6.45, 7) is 10.4. The van der Waals surface area contributed by atoms with Gasteiger partial charge in [0.1, 0.15) is 11.4 Å². The fourth-order valence-electron chi connectivity index (χ4n) is 3.70. The first kappa shape index (κ1) is 16.7. The number of carbonyl (C=O) groups is 2. The molecule has 2 aliphatic rings. The molecule has 0 aliphatic carbocycles. The van der Waals surface area contributed by atoms with Gasteiger partial charge in [0, 0.05) is 24.3 Å². The lowest BCUT2D eigenvalue weighted by atomic mass is 9.99. The van der Waals surface area contributed by atoms with Crippen LogP contribution in [0.5, 0.6) is 0 Å². The molecule has 1 amide bonds. The molecule has 3 heterocycles. The number of aromatic nitrogens is 1. The molecule has 6 nitrogen and oxygen atoms in total. The number of aldehydes is 1. The van der Waals surface area contributed by atoms with Gasteiger partial charge in [0.05, 0.1) is 12.1 Å². The predicted molar refractivity (Wildman–Crippen MR) is 91.5 cm³/mol. The maximum atomic E-state index is 12.6. The third-order valence-electron chi connectivity index (χ3n) is 4.74. The van der Waals surface area contributed by atoms with Crippen molar-refractivity contribution < 1.29 is 14.3 Å². The van der Waals surface area contributed by atoms with Gasteiger partial charge in [0.25, 0.3) is 0 Å². The lowest BCUT2D eigenvalue weighted by molar-refractivity contribution is 0.00823. The first-order valence-corrected chi connectivity index (χ1v) is 8.43. The minimum atomic E-state index is -0.504. The van der Waals surface area contributed by atoms with Gasteiger partial charge < -0.3 is 14.5 Å². The first-order valence-electron chi connectivity index (χ1n) is 8.43. The van der Waals surface area contributed by atoms with Crippen LogP contribution in [0.3, 0.4) is 0 Å². The van der Waals surface area contributed by atoms with E-state index < -0.39 is 5.60 Å². The molecule has 3 rings (SSSR count). The van der Waals surface area contributed by atoms with Crippen molar-refractivity contribution in [2.45, 2.75) is 64.8 Å². The van der Waals surface area contributed by atoms with Crippen molar-refractivity contribution in [2.24, 2.45) is 0 Å². The van der Waals surface area contributed by atoms with Crippen LogP contribution < -0.4 is 4.90 Å². The van der Waals surface area contributed by atoms with Crippen LogP contribution in [0.4, 0.5) is 10.6 Å². The summed E-state index contributed by atoms with van der Waals surface area (Å²) in [6.07, 6.45) is 2.96. The Kier molecular flexibility index (Phi) is 4.01. The Bertz CT molecular complexity index is 668. The Morgan fingerprint density at radius 3 is 2.71 bits per heavy atom. The van der Waals surface area contributed by atoms with Crippen molar-refractivity contribution in [3.63, 3.8) is 0 Å². The Balaban J connectivity index is 1.85. The van der Waals surface area contributed by atoms with Crippen LogP contribution in [0.25, 0.3) is 0 Å². The topological polar surface area (TPSA) is 62.7 Å². The largest absolute Gasteiger partial charge is 0.444 e. The van der Waals surface area contributed by atoms with E-state index in [0.29, 0.717) is 12.1 Å². The quantitative estimate of drug-likeness (QED) is 0.740. The van der Waals surface area contributed by atoms with Crippen LogP contribution in [-0.2, 0) is 11.2 Å². The summed E-state index contributed by atoms with van der Waals surface area (Å²) in [4.78, 5) is 32.2. The highest BCUT2D eigenvalue weighted by Crippen LogP contribution is 2.38. The van der Waals surface area contributed by atoms with Gasteiger partial charge in [-0.1, -0.05) is 0 Å². The number of ether oxygens (including phenoxy) is 1. The van der Waals surface area contributed by atoms with Crippen molar-refractivity contribution in [3.05, 3.63) is 23.4 Å². The van der Waals surface area contributed by atoms with Crippen molar-refractivity contribution in [1.29, 1.82) is 0 Å². The van der Waals surface area contributed by atoms with E-state index in [1.165, 1.54) is 0 Å². The molecule has 6 heteroatoms. The van der Waals surface area contributed by atoms with Gasteiger partial charge in [0.15, 0.2) is 6.29 Å². The molecule has 130 valence electrons. The zero-order chi connectivity index (χ0) is 17.6. The molecular weight excluding hydrogens is 306 g/mol. The van der Waals surface area contributed by atoms with Gasteiger partial charge in [-0.05, 0) is 52.7 Å². The van der Waals surface area contributed by atoms with Crippen LogP contribution in [0.15, 0.2) is 12.3 Å². The zero-order valence-corrected chi connectivity index (χ0v) is 14.9. The molecule has 0 aromatic carbocycles. The van der Waals surface area contributed by atoms with E-state index in [0.717, 1.165) is 24.1 Å². The zero-order valence-electron chi connectivity index (χ0n) is 14.9. The summed E-state index contributed by atoms with van der Waals surface area (Å²) in [5, 5.41) is 0. The predicted octanol–water partition coefficient (Wildman–Crippen LogP) is 2.65. The second-order valence-electron chi connectivity index (χ2n) is 7.77. The summed E-state index contributed by atoms with van der Waals surface area (Å²) >= 11 is 0. The summed E-state index contributed by atoms with van der Waals surface area (Å²) in [6, 6.07) is 2.23. The van der Waals surface area contributed by atoms with E-state index in [9.17, 15) is 9.59 Å². The molecule has 1 aromatic rings. The number of nitrogens with zero attached hydrogens (tertiary/aromatic N) is 3. The lowest BCUT2D eigenvalue weighted by Gasteiger charge is -2.47. The molecule has 3 unspecified atom stereocenters. The van der Waals surface area contributed by atoms with Gasteiger partial charge in [0.2, 0.25) is 0 Å². The van der Waals surface area contributed by atoms with E-state index in [1.807, 2.05) is 31.7 Å². The van der Waals surface area contributed by atoms with Crippen molar-refractivity contribution >= 4 is 18.2 Å². The molecule has 0 N–H and O–H groups in total. The van der Waals surface area contributed by atoms with E-state index in [4.69, 9.17) is 4.74 Å². The average Bonchev–Trinajstić information content (AvgIpc) is 2.88. The highest BCUT2D eigenvalue weighted by atomic mass is 16.6. The molecule has 1 saturated heterocycles. The van der Waals surface area contributed by atoms with Gasteiger partial charge >= 0.3 is 6.09 Å². The average molecular weight is 331 g/mol. The van der Waals surface area contributed by atoms with E-state index in [1.54, 1.807) is 6.20 Å². The number of fused-ring (bicyclic) bond motifs is 3.